The smallest absolute Gasteiger partial charge is 0.338 e. The van der Waals surface area contributed by atoms with Crippen molar-refractivity contribution in [1.82, 2.24) is 4.57 Å². The van der Waals surface area contributed by atoms with Crippen molar-refractivity contribution in [2.75, 3.05) is 13.7 Å². The Kier molecular flexibility index (Phi) is 7.63. The van der Waals surface area contributed by atoms with Crippen LogP contribution in [0.15, 0.2) is 57.5 Å². The van der Waals surface area contributed by atoms with Crippen LogP contribution in [0.3, 0.4) is 0 Å². The quantitative estimate of drug-likeness (QED) is 0.294. The summed E-state index contributed by atoms with van der Waals surface area (Å²) in [5, 5.41) is 0. The van der Waals surface area contributed by atoms with Crippen LogP contribution >= 0.6 is 56.5 Å². The zero-order valence-electron chi connectivity index (χ0n) is 19.0. The highest BCUT2D eigenvalue weighted by molar-refractivity contribution is 14.1. The first-order valence-corrected chi connectivity index (χ1v) is 13.5. The molecule has 2 heterocycles. The van der Waals surface area contributed by atoms with E-state index in [1.54, 1.807) is 25.5 Å². The Hall–Kier alpha value is -1.99. The molecule has 0 N–H and O–H groups in total. The molecule has 0 amide bonds. The van der Waals surface area contributed by atoms with E-state index in [2.05, 4.69) is 50.2 Å². The van der Waals surface area contributed by atoms with Crippen molar-refractivity contribution < 1.29 is 14.3 Å². The molecule has 0 fully saturated rings. The lowest BCUT2D eigenvalue weighted by Gasteiger charge is -2.24. The van der Waals surface area contributed by atoms with Crippen LogP contribution in [0.1, 0.15) is 36.6 Å². The van der Waals surface area contributed by atoms with Crippen molar-refractivity contribution in [2.24, 2.45) is 4.99 Å². The zero-order chi connectivity index (χ0) is 24.6. The minimum atomic E-state index is -0.603. The van der Waals surface area contributed by atoms with Crippen LogP contribution in [0.5, 0.6) is 5.75 Å². The molecular weight excluding hydrogens is 678 g/mol. The van der Waals surface area contributed by atoms with E-state index in [1.807, 2.05) is 49.4 Å². The number of benzene rings is 2. The van der Waals surface area contributed by atoms with Gasteiger partial charge in [0.1, 0.15) is 5.75 Å². The van der Waals surface area contributed by atoms with Gasteiger partial charge in [-0.25, -0.2) is 9.79 Å². The number of esters is 1. The number of nitrogens with zero attached hydrogens (tertiary/aromatic N) is 2. The van der Waals surface area contributed by atoms with E-state index in [4.69, 9.17) is 9.47 Å². The summed E-state index contributed by atoms with van der Waals surface area (Å²) in [5.41, 5.74) is 3.59. The van der Waals surface area contributed by atoms with E-state index in [0.717, 1.165) is 29.6 Å². The van der Waals surface area contributed by atoms with Crippen LogP contribution in [-0.2, 0) is 9.53 Å². The number of carbonyl (C=O) groups excluding carboxylic acids is 1. The van der Waals surface area contributed by atoms with Gasteiger partial charge in [-0.2, -0.15) is 0 Å². The Balaban J connectivity index is 1.94. The summed E-state index contributed by atoms with van der Waals surface area (Å²) >= 11 is 5.77. The molecule has 6 nitrogen and oxygen atoms in total. The van der Waals surface area contributed by atoms with Gasteiger partial charge in [0, 0.05) is 0 Å². The standard InChI is InChI=1S/C25H22I2N2O4S/c1-5-33-24(31)20-14(3)28-25-29(21(20)16-8-6-13(2)7-9-16)23(30)19(34-25)12-15-10-17(26)22(32-4)18(27)11-15/h6-12,21H,5H2,1-4H3/b19-12-/t21-/m0/s1. The molecule has 4 rings (SSSR count). The Labute approximate surface area is 228 Å². The van der Waals surface area contributed by atoms with Gasteiger partial charge >= 0.3 is 5.97 Å². The second kappa shape index (κ2) is 10.3. The average molecular weight is 700 g/mol. The highest BCUT2D eigenvalue weighted by Crippen LogP contribution is 2.31. The third-order valence-corrected chi connectivity index (χ3v) is 8.02. The molecule has 0 bridgehead atoms. The minimum absolute atomic E-state index is 0.190. The van der Waals surface area contributed by atoms with Crippen LogP contribution < -0.4 is 19.6 Å². The summed E-state index contributed by atoms with van der Waals surface area (Å²) in [6.45, 7) is 5.80. The fourth-order valence-corrected chi connectivity index (χ4v) is 7.17. The molecule has 34 heavy (non-hydrogen) atoms. The van der Waals surface area contributed by atoms with Gasteiger partial charge in [0.05, 0.1) is 42.7 Å². The van der Waals surface area contributed by atoms with Crippen LogP contribution in [0.2, 0.25) is 0 Å². The molecule has 0 spiro atoms. The number of hydrogen-bond donors (Lipinski definition) is 0. The first-order chi connectivity index (χ1) is 16.2. The number of allylic oxidation sites excluding steroid dienone is 1. The predicted octanol–water partition coefficient (Wildman–Crippen LogP) is 4.32. The van der Waals surface area contributed by atoms with Crippen molar-refractivity contribution in [2.45, 2.75) is 26.8 Å². The number of methoxy groups -OCH3 is 1. The summed E-state index contributed by atoms with van der Waals surface area (Å²) in [5.74, 6) is 0.358. The average Bonchev–Trinajstić information content (AvgIpc) is 3.08. The Morgan fingerprint density at radius 2 is 1.82 bits per heavy atom. The maximum atomic E-state index is 13.7. The van der Waals surface area contributed by atoms with Crippen LogP contribution in [0.4, 0.5) is 0 Å². The third kappa shape index (κ3) is 4.74. The number of halogens is 2. The Morgan fingerprint density at radius 1 is 1.18 bits per heavy atom. The predicted molar refractivity (Wildman–Crippen MR) is 150 cm³/mol. The van der Waals surface area contributed by atoms with Crippen LogP contribution in [0, 0.1) is 14.1 Å². The van der Waals surface area contributed by atoms with E-state index in [9.17, 15) is 9.59 Å². The number of hydrogen-bond acceptors (Lipinski definition) is 6. The van der Waals surface area contributed by atoms with E-state index in [1.165, 1.54) is 11.3 Å². The third-order valence-electron chi connectivity index (χ3n) is 5.43. The maximum Gasteiger partial charge on any atom is 0.338 e. The number of aryl methyl sites for hydroxylation is 1. The summed E-state index contributed by atoms with van der Waals surface area (Å²) in [6, 6.07) is 11.2. The summed E-state index contributed by atoms with van der Waals surface area (Å²) in [7, 11) is 1.64. The molecule has 0 aliphatic carbocycles. The topological polar surface area (TPSA) is 69.9 Å². The van der Waals surface area contributed by atoms with Crippen molar-refractivity contribution in [3.63, 3.8) is 0 Å². The monoisotopic (exact) mass is 700 g/mol. The number of carbonyl (C=O) groups is 1. The second-order valence-corrected chi connectivity index (χ2v) is 11.1. The first-order valence-electron chi connectivity index (χ1n) is 10.5. The van der Waals surface area contributed by atoms with Crippen LogP contribution in [-0.4, -0.2) is 24.3 Å². The molecule has 176 valence electrons. The lowest BCUT2D eigenvalue weighted by atomic mass is 9.95. The van der Waals surface area contributed by atoms with Gasteiger partial charge in [-0.15, -0.1) is 0 Å². The van der Waals surface area contributed by atoms with Crippen molar-refractivity contribution in [1.29, 1.82) is 0 Å². The van der Waals surface area contributed by atoms with E-state index in [-0.39, 0.29) is 12.2 Å². The normalized spacial score (nSPS) is 15.7. The van der Waals surface area contributed by atoms with E-state index < -0.39 is 12.0 Å². The van der Waals surface area contributed by atoms with Gasteiger partial charge in [0.2, 0.25) is 0 Å². The van der Waals surface area contributed by atoms with E-state index in [0.29, 0.717) is 20.6 Å². The molecule has 0 radical (unpaired) electrons. The molecule has 1 atom stereocenters. The second-order valence-electron chi connectivity index (χ2n) is 7.73. The molecule has 9 heteroatoms. The number of aromatic nitrogens is 1. The minimum Gasteiger partial charge on any atom is -0.495 e. The largest absolute Gasteiger partial charge is 0.495 e. The number of ether oxygens (including phenoxy) is 2. The molecule has 0 saturated carbocycles. The van der Waals surface area contributed by atoms with Crippen molar-refractivity contribution in [3.05, 3.63) is 91.2 Å². The van der Waals surface area contributed by atoms with Gasteiger partial charge in [0.15, 0.2) is 4.80 Å². The molecule has 0 unspecified atom stereocenters. The maximum absolute atomic E-state index is 13.7. The highest BCUT2D eigenvalue weighted by Gasteiger charge is 2.33. The lowest BCUT2D eigenvalue weighted by molar-refractivity contribution is -0.139. The van der Waals surface area contributed by atoms with Gasteiger partial charge < -0.3 is 9.47 Å². The van der Waals surface area contributed by atoms with Crippen molar-refractivity contribution in [3.8, 4) is 5.75 Å². The van der Waals surface area contributed by atoms with Gasteiger partial charge in [-0.05, 0) is 95.3 Å². The highest BCUT2D eigenvalue weighted by atomic mass is 127. The van der Waals surface area contributed by atoms with Gasteiger partial charge in [-0.1, -0.05) is 41.2 Å². The van der Waals surface area contributed by atoms with Gasteiger partial charge in [-0.3, -0.25) is 9.36 Å². The number of fused-ring (bicyclic) bond motifs is 1. The fraction of sp³-hybridized carbons (Fsp3) is 0.240. The Bertz CT molecular complexity index is 1460. The SMILES string of the molecule is CCOC(=O)C1=C(C)N=c2s/c(=C\c3cc(I)c(OC)c(I)c3)c(=O)n2[C@H]1c1ccc(C)cc1. The summed E-state index contributed by atoms with van der Waals surface area (Å²) in [6.07, 6.45) is 1.86. The summed E-state index contributed by atoms with van der Waals surface area (Å²) < 4.78 is 14.9. The molecular formula is C25H22I2N2O4S. The fourth-order valence-electron chi connectivity index (χ4n) is 3.86. The number of thiazole rings is 1. The van der Waals surface area contributed by atoms with Gasteiger partial charge in [0.25, 0.3) is 5.56 Å². The molecule has 1 aliphatic rings. The Morgan fingerprint density at radius 3 is 2.41 bits per heavy atom. The zero-order valence-corrected chi connectivity index (χ0v) is 24.1. The van der Waals surface area contributed by atoms with Crippen LogP contribution in [0.25, 0.3) is 6.08 Å². The number of rotatable bonds is 5. The lowest BCUT2D eigenvalue weighted by Crippen LogP contribution is -2.39. The summed E-state index contributed by atoms with van der Waals surface area (Å²) in [4.78, 5) is 31.8. The molecule has 1 aliphatic heterocycles. The first kappa shape index (κ1) is 25.1. The molecule has 3 aromatic rings. The molecule has 1 aromatic heterocycles. The molecule has 0 saturated heterocycles. The van der Waals surface area contributed by atoms with Crippen molar-refractivity contribution >= 4 is 68.6 Å². The molecule has 2 aromatic carbocycles. The van der Waals surface area contributed by atoms with E-state index >= 15 is 0 Å².